The summed E-state index contributed by atoms with van der Waals surface area (Å²) in [5.74, 6) is -0.0448. The van der Waals surface area contributed by atoms with Crippen molar-refractivity contribution in [3.05, 3.63) is 12.7 Å². The van der Waals surface area contributed by atoms with Gasteiger partial charge < -0.3 is 10.1 Å². The van der Waals surface area contributed by atoms with Crippen LogP contribution in [-0.2, 0) is 14.3 Å². The summed E-state index contributed by atoms with van der Waals surface area (Å²) in [5.41, 5.74) is -0.491. The van der Waals surface area contributed by atoms with Gasteiger partial charge in [0.25, 0.3) is 0 Å². The van der Waals surface area contributed by atoms with Crippen molar-refractivity contribution in [2.75, 3.05) is 0 Å². The lowest BCUT2D eigenvalue weighted by Crippen LogP contribution is -2.58. The van der Waals surface area contributed by atoms with Crippen LogP contribution in [0.15, 0.2) is 12.7 Å². The minimum absolute atomic E-state index is 0.102. The highest BCUT2D eigenvalue weighted by Gasteiger charge is 2.42. The Balaban J connectivity index is 2.83. The molecule has 1 amide bonds. The van der Waals surface area contributed by atoms with E-state index in [1.165, 1.54) is 13.8 Å². The Hall–Kier alpha value is -1.32. The maximum absolute atomic E-state index is 11.3. The van der Waals surface area contributed by atoms with Gasteiger partial charge in [-0.1, -0.05) is 6.08 Å². The average molecular weight is 239 g/mol. The zero-order valence-electron chi connectivity index (χ0n) is 10.8. The van der Waals surface area contributed by atoms with Gasteiger partial charge in [0.05, 0.1) is 5.54 Å². The Morgan fingerprint density at radius 2 is 2.06 bits per heavy atom. The molecule has 17 heavy (non-hydrogen) atoms. The van der Waals surface area contributed by atoms with Gasteiger partial charge in [0, 0.05) is 13.8 Å². The van der Waals surface area contributed by atoms with E-state index < -0.39 is 5.54 Å². The Bertz CT molecular complexity index is 327. The minimum Gasteiger partial charge on any atom is -0.460 e. The lowest BCUT2D eigenvalue weighted by molar-refractivity contribution is -0.155. The highest BCUT2D eigenvalue weighted by atomic mass is 16.5. The maximum Gasteiger partial charge on any atom is 0.302 e. The average Bonchev–Trinajstić information content (AvgIpc) is 2.19. The number of ether oxygens (including phenoxy) is 1. The second kappa shape index (κ2) is 5.34. The molecule has 3 atom stereocenters. The Kier molecular flexibility index (Phi) is 4.32. The first-order valence-corrected chi connectivity index (χ1v) is 5.96. The second-order valence-electron chi connectivity index (χ2n) is 4.97. The first kappa shape index (κ1) is 13.7. The monoisotopic (exact) mass is 239 g/mol. The van der Waals surface area contributed by atoms with Crippen LogP contribution in [0, 0.1) is 5.92 Å². The molecule has 0 radical (unpaired) electrons. The molecule has 0 heterocycles. The van der Waals surface area contributed by atoms with E-state index >= 15 is 0 Å². The molecule has 1 fully saturated rings. The summed E-state index contributed by atoms with van der Waals surface area (Å²) in [6.07, 6.45) is 4.11. The van der Waals surface area contributed by atoms with Crippen molar-refractivity contribution in [1.29, 1.82) is 0 Å². The quantitative estimate of drug-likeness (QED) is 0.603. The van der Waals surface area contributed by atoms with E-state index in [1.54, 1.807) is 0 Å². The zero-order chi connectivity index (χ0) is 13.1. The van der Waals surface area contributed by atoms with E-state index in [0.717, 1.165) is 19.3 Å². The van der Waals surface area contributed by atoms with Gasteiger partial charge in [0.1, 0.15) is 6.10 Å². The van der Waals surface area contributed by atoms with Crippen LogP contribution < -0.4 is 5.32 Å². The molecule has 96 valence electrons. The number of rotatable bonds is 3. The number of carbonyl (C=O) groups excluding carboxylic acids is 2. The van der Waals surface area contributed by atoms with Crippen LogP contribution in [0.2, 0.25) is 0 Å². The van der Waals surface area contributed by atoms with Gasteiger partial charge in [-0.05, 0) is 32.1 Å². The van der Waals surface area contributed by atoms with E-state index in [1.807, 2.05) is 13.0 Å². The summed E-state index contributed by atoms with van der Waals surface area (Å²) in [6, 6.07) is 0. The Morgan fingerprint density at radius 1 is 1.41 bits per heavy atom. The smallest absolute Gasteiger partial charge is 0.302 e. The molecule has 1 N–H and O–H groups in total. The number of esters is 1. The standard InChI is InChI=1S/C13H21NO3/c1-5-11-6-7-12(17-10(3)16)13(4,8-11)14-9(2)15/h5,11-12H,1,6-8H2,2-4H3,(H,14,15)/t11-,12?,13+/m1/s1. The third kappa shape index (κ3) is 3.58. The van der Waals surface area contributed by atoms with Crippen molar-refractivity contribution in [3.63, 3.8) is 0 Å². The molecule has 0 aromatic heterocycles. The number of nitrogens with one attached hydrogen (secondary N) is 1. The number of amides is 1. The molecule has 0 spiro atoms. The molecule has 0 aromatic rings. The van der Waals surface area contributed by atoms with Gasteiger partial charge in [0.15, 0.2) is 0 Å². The number of hydrogen-bond acceptors (Lipinski definition) is 3. The van der Waals surface area contributed by atoms with Crippen molar-refractivity contribution >= 4 is 11.9 Å². The molecule has 1 rings (SSSR count). The van der Waals surface area contributed by atoms with Crippen molar-refractivity contribution in [3.8, 4) is 0 Å². The van der Waals surface area contributed by atoms with E-state index in [4.69, 9.17) is 4.74 Å². The first-order chi connectivity index (χ1) is 7.87. The molecular formula is C13H21NO3. The molecule has 4 heteroatoms. The molecule has 0 aromatic carbocycles. The van der Waals surface area contributed by atoms with Gasteiger partial charge in [-0.2, -0.15) is 0 Å². The molecule has 0 aliphatic heterocycles. The van der Waals surface area contributed by atoms with E-state index in [2.05, 4.69) is 11.9 Å². The molecule has 1 aliphatic carbocycles. The van der Waals surface area contributed by atoms with Gasteiger partial charge in [-0.15, -0.1) is 6.58 Å². The van der Waals surface area contributed by atoms with Gasteiger partial charge in [-0.25, -0.2) is 0 Å². The number of hydrogen-bond donors (Lipinski definition) is 1. The van der Waals surface area contributed by atoms with E-state index in [9.17, 15) is 9.59 Å². The van der Waals surface area contributed by atoms with Crippen molar-refractivity contribution < 1.29 is 14.3 Å². The summed E-state index contributed by atoms with van der Waals surface area (Å²) < 4.78 is 5.31. The molecule has 0 saturated heterocycles. The van der Waals surface area contributed by atoms with Crippen LogP contribution in [-0.4, -0.2) is 23.5 Å². The molecule has 1 saturated carbocycles. The third-order valence-corrected chi connectivity index (χ3v) is 3.30. The third-order valence-electron chi connectivity index (χ3n) is 3.30. The van der Waals surface area contributed by atoms with Crippen molar-refractivity contribution in [2.45, 2.75) is 51.7 Å². The normalized spacial score (nSPS) is 32.6. The summed E-state index contributed by atoms with van der Waals surface area (Å²) in [5, 5.41) is 2.91. The van der Waals surface area contributed by atoms with E-state index in [-0.39, 0.29) is 18.0 Å². The molecule has 0 bridgehead atoms. The van der Waals surface area contributed by atoms with Gasteiger partial charge in [-0.3, -0.25) is 9.59 Å². The maximum atomic E-state index is 11.3. The SMILES string of the molecule is C=C[C@@H]1CCC(OC(C)=O)[C@@](C)(NC(C)=O)C1. The molecule has 1 aliphatic rings. The fourth-order valence-electron chi connectivity index (χ4n) is 2.59. The topological polar surface area (TPSA) is 55.4 Å². The van der Waals surface area contributed by atoms with Crippen LogP contribution in [0.1, 0.15) is 40.0 Å². The first-order valence-electron chi connectivity index (χ1n) is 5.96. The van der Waals surface area contributed by atoms with Crippen LogP contribution in [0.25, 0.3) is 0 Å². The lowest BCUT2D eigenvalue weighted by Gasteiger charge is -2.43. The molecule has 4 nitrogen and oxygen atoms in total. The lowest BCUT2D eigenvalue weighted by atomic mass is 9.74. The largest absolute Gasteiger partial charge is 0.460 e. The number of allylic oxidation sites excluding steroid dienone is 1. The van der Waals surface area contributed by atoms with Gasteiger partial charge >= 0.3 is 5.97 Å². The minimum atomic E-state index is -0.491. The summed E-state index contributed by atoms with van der Waals surface area (Å²) in [6.45, 7) is 8.60. The zero-order valence-corrected chi connectivity index (χ0v) is 10.8. The van der Waals surface area contributed by atoms with Crippen LogP contribution >= 0.6 is 0 Å². The molecular weight excluding hydrogens is 218 g/mol. The van der Waals surface area contributed by atoms with Gasteiger partial charge in [0.2, 0.25) is 5.91 Å². The summed E-state index contributed by atoms with van der Waals surface area (Å²) in [4.78, 5) is 22.3. The van der Waals surface area contributed by atoms with E-state index in [0.29, 0.717) is 5.92 Å². The fourth-order valence-corrected chi connectivity index (χ4v) is 2.59. The highest BCUT2D eigenvalue weighted by molar-refractivity contribution is 5.74. The highest BCUT2D eigenvalue weighted by Crippen LogP contribution is 2.35. The summed E-state index contributed by atoms with van der Waals surface area (Å²) >= 11 is 0. The van der Waals surface area contributed by atoms with Crippen LogP contribution in [0.4, 0.5) is 0 Å². The van der Waals surface area contributed by atoms with Crippen molar-refractivity contribution in [2.24, 2.45) is 5.92 Å². The number of carbonyl (C=O) groups is 2. The fraction of sp³-hybridized carbons (Fsp3) is 0.692. The predicted molar refractivity (Wildman–Crippen MR) is 65.3 cm³/mol. The summed E-state index contributed by atoms with van der Waals surface area (Å²) in [7, 11) is 0. The Morgan fingerprint density at radius 3 is 2.53 bits per heavy atom. The van der Waals surface area contributed by atoms with Crippen molar-refractivity contribution in [1.82, 2.24) is 5.32 Å². The molecule has 1 unspecified atom stereocenters. The predicted octanol–water partition coefficient (Wildman–Crippen LogP) is 1.80. The van der Waals surface area contributed by atoms with Crippen LogP contribution in [0.3, 0.4) is 0 Å². The van der Waals surface area contributed by atoms with Crippen LogP contribution in [0.5, 0.6) is 0 Å². The second-order valence-corrected chi connectivity index (χ2v) is 4.97. The Labute approximate surface area is 102 Å².